The number of Topliss-reactive ketones (excluding diaryl/α,β-unsaturated/α-hetero) is 1. The molecule has 3 aromatic rings. The van der Waals surface area contributed by atoms with Gasteiger partial charge in [0.25, 0.3) is 0 Å². The van der Waals surface area contributed by atoms with E-state index in [2.05, 4.69) is 21.8 Å². The normalized spacial score (nSPS) is 17.9. The smallest absolute Gasteiger partial charge is 0.195 e. The van der Waals surface area contributed by atoms with Gasteiger partial charge in [-0.3, -0.25) is 9.69 Å². The topological polar surface area (TPSA) is 68.8 Å². The van der Waals surface area contributed by atoms with Crippen molar-refractivity contribution in [2.45, 2.75) is 12.1 Å². The van der Waals surface area contributed by atoms with Crippen molar-refractivity contribution in [2.75, 3.05) is 40.3 Å². The average Bonchev–Trinajstić information content (AvgIpc) is 3.19. The largest absolute Gasteiger partial charge is 0.496 e. The quantitative estimate of drug-likeness (QED) is 0.631. The van der Waals surface area contributed by atoms with Crippen LogP contribution in [-0.4, -0.2) is 72.1 Å². The Morgan fingerprint density at radius 3 is 2.52 bits per heavy atom. The summed E-state index contributed by atoms with van der Waals surface area (Å²) in [5.74, 6) is 0.402. The van der Waals surface area contributed by atoms with Crippen molar-refractivity contribution in [1.82, 2.24) is 14.8 Å². The number of fused-ring (bicyclic) bond motifs is 1. The SMILES string of the molecule is COc1ccccc1[C@@H]([C@@H](O)C(=O)c1c[nH]c2ccccc12)N1CCN(C)CC1. The third-order valence-corrected chi connectivity index (χ3v) is 5.81. The summed E-state index contributed by atoms with van der Waals surface area (Å²) in [7, 11) is 3.71. The number of carbonyl (C=O) groups is 1. The van der Waals surface area contributed by atoms with Crippen molar-refractivity contribution >= 4 is 16.7 Å². The Balaban J connectivity index is 1.72. The number of ether oxygens (including phenoxy) is 1. The highest BCUT2D eigenvalue weighted by atomic mass is 16.5. The Bertz CT molecular complexity index is 992. The Morgan fingerprint density at radius 2 is 1.76 bits per heavy atom. The summed E-state index contributed by atoms with van der Waals surface area (Å²) in [5.41, 5.74) is 2.24. The highest BCUT2D eigenvalue weighted by Gasteiger charge is 2.36. The van der Waals surface area contributed by atoms with Gasteiger partial charge in [0.2, 0.25) is 0 Å². The molecule has 6 nitrogen and oxygen atoms in total. The predicted molar refractivity (Wildman–Crippen MR) is 113 cm³/mol. The highest BCUT2D eigenvalue weighted by molar-refractivity contribution is 6.10. The zero-order valence-corrected chi connectivity index (χ0v) is 16.8. The molecule has 0 spiro atoms. The summed E-state index contributed by atoms with van der Waals surface area (Å²) >= 11 is 0. The molecule has 1 saturated heterocycles. The van der Waals surface area contributed by atoms with E-state index in [4.69, 9.17) is 4.74 Å². The van der Waals surface area contributed by atoms with Crippen molar-refractivity contribution in [3.8, 4) is 5.75 Å². The number of piperazine rings is 1. The van der Waals surface area contributed by atoms with Gasteiger partial charge in [0.15, 0.2) is 5.78 Å². The molecule has 1 aromatic heterocycles. The second kappa shape index (κ2) is 8.37. The second-order valence-electron chi connectivity index (χ2n) is 7.58. The first kappa shape index (κ1) is 19.6. The molecule has 6 heteroatoms. The number of hydrogen-bond donors (Lipinski definition) is 2. The Hall–Kier alpha value is -2.67. The molecule has 0 unspecified atom stereocenters. The van der Waals surface area contributed by atoms with Gasteiger partial charge in [-0.25, -0.2) is 0 Å². The molecular formula is C23H27N3O3. The van der Waals surface area contributed by atoms with Gasteiger partial charge in [0, 0.05) is 54.4 Å². The zero-order valence-electron chi connectivity index (χ0n) is 16.8. The lowest BCUT2D eigenvalue weighted by molar-refractivity contribution is 0.0220. The molecule has 0 amide bonds. The molecule has 29 heavy (non-hydrogen) atoms. The lowest BCUT2D eigenvalue weighted by Crippen LogP contribution is -2.50. The molecular weight excluding hydrogens is 366 g/mol. The number of aromatic amines is 1. The molecule has 0 bridgehead atoms. The van der Waals surface area contributed by atoms with Gasteiger partial charge in [-0.1, -0.05) is 36.4 Å². The van der Waals surface area contributed by atoms with Crippen molar-refractivity contribution in [3.05, 3.63) is 65.9 Å². The summed E-state index contributed by atoms with van der Waals surface area (Å²) in [6, 6.07) is 14.8. The molecule has 0 radical (unpaired) electrons. The van der Waals surface area contributed by atoms with Crippen LogP contribution in [0.4, 0.5) is 0 Å². The summed E-state index contributed by atoms with van der Waals surface area (Å²) in [5, 5.41) is 12.2. The number of rotatable bonds is 6. The summed E-state index contributed by atoms with van der Waals surface area (Å²) in [6.45, 7) is 3.33. The van der Waals surface area contributed by atoms with Crippen molar-refractivity contribution < 1.29 is 14.6 Å². The maximum atomic E-state index is 13.4. The number of H-pyrrole nitrogens is 1. The minimum Gasteiger partial charge on any atom is -0.496 e. The monoisotopic (exact) mass is 393 g/mol. The Morgan fingerprint density at radius 1 is 1.07 bits per heavy atom. The molecule has 2 N–H and O–H groups in total. The third kappa shape index (κ3) is 3.79. The van der Waals surface area contributed by atoms with Crippen molar-refractivity contribution in [1.29, 1.82) is 0 Å². The molecule has 1 fully saturated rings. The number of aliphatic hydroxyl groups excluding tert-OH is 1. The molecule has 2 heterocycles. The van der Waals surface area contributed by atoms with E-state index in [-0.39, 0.29) is 5.78 Å². The van der Waals surface area contributed by atoms with Gasteiger partial charge in [-0.05, 0) is 19.2 Å². The lowest BCUT2D eigenvalue weighted by Gasteiger charge is -2.40. The minimum atomic E-state index is -1.20. The Kier molecular flexibility index (Phi) is 5.67. The number of likely N-dealkylation sites (N-methyl/N-ethyl adjacent to an activating group) is 1. The minimum absolute atomic E-state index is 0.280. The first-order valence-corrected chi connectivity index (χ1v) is 9.94. The number of benzene rings is 2. The number of para-hydroxylation sites is 2. The fourth-order valence-corrected chi connectivity index (χ4v) is 4.16. The van der Waals surface area contributed by atoms with E-state index >= 15 is 0 Å². The van der Waals surface area contributed by atoms with Crippen LogP contribution in [-0.2, 0) is 0 Å². The molecule has 0 saturated carbocycles. The highest BCUT2D eigenvalue weighted by Crippen LogP contribution is 2.34. The van der Waals surface area contributed by atoms with Crippen LogP contribution in [0.3, 0.4) is 0 Å². The summed E-state index contributed by atoms with van der Waals surface area (Å²) < 4.78 is 5.56. The van der Waals surface area contributed by atoms with E-state index < -0.39 is 12.1 Å². The first-order chi connectivity index (χ1) is 14.1. The molecule has 4 rings (SSSR count). The molecule has 2 atom stereocenters. The number of ketones is 1. The number of carbonyl (C=O) groups excluding carboxylic acids is 1. The predicted octanol–water partition coefficient (Wildman–Crippen LogP) is 2.71. The van der Waals surface area contributed by atoms with Crippen LogP contribution in [0, 0.1) is 0 Å². The number of aliphatic hydroxyl groups is 1. The summed E-state index contributed by atoms with van der Waals surface area (Å²) in [4.78, 5) is 21.0. The van der Waals surface area contributed by atoms with Crippen LogP contribution in [0.15, 0.2) is 54.7 Å². The van der Waals surface area contributed by atoms with E-state index in [1.807, 2.05) is 48.5 Å². The van der Waals surface area contributed by atoms with Gasteiger partial charge in [0.1, 0.15) is 11.9 Å². The fourth-order valence-electron chi connectivity index (χ4n) is 4.16. The number of nitrogens with one attached hydrogen (secondary N) is 1. The first-order valence-electron chi connectivity index (χ1n) is 9.94. The van der Waals surface area contributed by atoms with Crippen LogP contribution in [0.5, 0.6) is 5.75 Å². The number of methoxy groups -OCH3 is 1. The van der Waals surface area contributed by atoms with E-state index in [0.29, 0.717) is 11.3 Å². The van der Waals surface area contributed by atoms with E-state index in [1.54, 1.807) is 13.3 Å². The number of nitrogens with zero attached hydrogens (tertiary/aromatic N) is 2. The maximum Gasteiger partial charge on any atom is 0.195 e. The van der Waals surface area contributed by atoms with Gasteiger partial charge in [-0.15, -0.1) is 0 Å². The zero-order chi connectivity index (χ0) is 20.4. The third-order valence-electron chi connectivity index (χ3n) is 5.81. The van der Waals surface area contributed by atoms with Gasteiger partial charge >= 0.3 is 0 Å². The van der Waals surface area contributed by atoms with Crippen LogP contribution >= 0.6 is 0 Å². The second-order valence-corrected chi connectivity index (χ2v) is 7.58. The van der Waals surface area contributed by atoms with Gasteiger partial charge < -0.3 is 19.7 Å². The molecule has 2 aromatic carbocycles. The van der Waals surface area contributed by atoms with E-state index in [9.17, 15) is 9.90 Å². The fraction of sp³-hybridized carbons (Fsp3) is 0.348. The van der Waals surface area contributed by atoms with Gasteiger partial charge in [0.05, 0.1) is 13.2 Å². The Labute approximate surface area is 170 Å². The van der Waals surface area contributed by atoms with Crippen molar-refractivity contribution in [2.24, 2.45) is 0 Å². The standard InChI is InChI=1S/C23H27N3O3/c1-25-11-13-26(14-12-25)21(17-8-4-6-10-20(17)29-2)23(28)22(27)18-15-24-19-9-5-3-7-16(18)19/h3-10,15,21,23-24,28H,11-14H2,1-2H3/t21-,23+/m0/s1. The lowest BCUT2D eigenvalue weighted by atomic mass is 9.92. The van der Waals surface area contributed by atoms with Crippen LogP contribution in [0.1, 0.15) is 22.0 Å². The van der Waals surface area contributed by atoms with E-state index in [1.165, 1.54) is 0 Å². The number of aromatic nitrogens is 1. The van der Waals surface area contributed by atoms with Crippen LogP contribution in [0.25, 0.3) is 10.9 Å². The number of hydrogen-bond acceptors (Lipinski definition) is 5. The molecule has 152 valence electrons. The summed E-state index contributed by atoms with van der Waals surface area (Å²) in [6.07, 6.45) is 0.494. The molecule has 1 aliphatic rings. The van der Waals surface area contributed by atoms with Gasteiger partial charge in [-0.2, -0.15) is 0 Å². The molecule has 0 aliphatic carbocycles. The van der Waals surface area contributed by atoms with E-state index in [0.717, 1.165) is 42.6 Å². The average molecular weight is 393 g/mol. The van der Waals surface area contributed by atoms with Crippen LogP contribution in [0.2, 0.25) is 0 Å². The van der Waals surface area contributed by atoms with Crippen LogP contribution < -0.4 is 4.74 Å². The van der Waals surface area contributed by atoms with Crippen molar-refractivity contribution in [3.63, 3.8) is 0 Å². The maximum absolute atomic E-state index is 13.4. The molecule has 1 aliphatic heterocycles.